The second-order valence-corrected chi connectivity index (χ2v) is 7.35. The zero-order valence-corrected chi connectivity index (χ0v) is 11.0. The van der Waals surface area contributed by atoms with Crippen molar-refractivity contribution in [2.45, 2.75) is 37.5 Å². The van der Waals surface area contributed by atoms with Crippen LogP contribution in [0.5, 0.6) is 0 Å². The Morgan fingerprint density at radius 3 is 2.88 bits per heavy atom. The van der Waals surface area contributed by atoms with Crippen molar-refractivity contribution in [1.82, 2.24) is 10.2 Å². The summed E-state index contributed by atoms with van der Waals surface area (Å²) >= 11 is 0. The Labute approximate surface area is 102 Å². The molecule has 2 heterocycles. The number of sulfone groups is 1. The van der Waals surface area contributed by atoms with E-state index in [1.54, 1.807) is 4.90 Å². The number of rotatable bonds is 2. The Morgan fingerprint density at radius 1 is 1.41 bits per heavy atom. The molecule has 2 atom stereocenters. The monoisotopic (exact) mass is 260 g/mol. The SMILES string of the molecule is CC1NCCN(CC2CCCCS2(=O)=O)C1=O. The first-order valence-electron chi connectivity index (χ1n) is 6.24. The predicted molar refractivity (Wildman–Crippen MR) is 65.5 cm³/mol. The quantitative estimate of drug-likeness (QED) is 0.745. The second kappa shape index (κ2) is 4.94. The van der Waals surface area contributed by atoms with Crippen molar-refractivity contribution in [1.29, 1.82) is 0 Å². The molecule has 6 heteroatoms. The Balaban J connectivity index is 2.02. The van der Waals surface area contributed by atoms with Crippen LogP contribution in [0, 0.1) is 0 Å². The lowest BCUT2D eigenvalue weighted by Gasteiger charge is -2.35. The van der Waals surface area contributed by atoms with E-state index in [9.17, 15) is 13.2 Å². The summed E-state index contributed by atoms with van der Waals surface area (Å²) in [7, 11) is -2.98. The fourth-order valence-electron chi connectivity index (χ4n) is 2.54. The molecule has 0 aromatic rings. The number of nitrogens with zero attached hydrogens (tertiary/aromatic N) is 1. The molecule has 0 aromatic heterocycles. The molecular formula is C11H20N2O3S. The van der Waals surface area contributed by atoms with Crippen LogP contribution < -0.4 is 5.32 Å². The summed E-state index contributed by atoms with van der Waals surface area (Å²) in [5, 5.41) is 2.74. The molecule has 2 rings (SSSR count). The molecule has 0 aromatic carbocycles. The van der Waals surface area contributed by atoms with Crippen LogP contribution in [-0.2, 0) is 14.6 Å². The first-order chi connectivity index (χ1) is 8.00. The lowest BCUT2D eigenvalue weighted by atomic mass is 10.1. The molecule has 1 amide bonds. The van der Waals surface area contributed by atoms with Crippen LogP contribution in [-0.4, -0.2) is 55.9 Å². The average molecular weight is 260 g/mol. The van der Waals surface area contributed by atoms with E-state index in [1.807, 2.05) is 6.92 Å². The molecule has 2 saturated heterocycles. The van der Waals surface area contributed by atoms with Crippen LogP contribution in [0.25, 0.3) is 0 Å². The van der Waals surface area contributed by atoms with Gasteiger partial charge in [0.25, 0.3) is 0 Å². The zero-order chi connectivity index (χ0) is 12.5. The van der Waals surface area contributed by atoms with Crippen molar-refractivity contribution in [3.05, 3.63) is 0 Å². The number of amides is 1. The predicted octanol–water partition coefficient (Wildman–Crippen LogP) is -0.226. The van der Waals surface area contributed by atoms with Crippen LogP contribution >= 0.6 is 0 Å². The molecule has 2 aliphatic rings. The average Bonchev–Trinajstić information content (AvgIpc) is 2.27. The largest absolute Gasteiger partial charge is 0.339 e. The Kier molecular flexibility index (Phi) is 3.73. The van der Waals surface area contributed by atoms with Gasteiger partial charge in [0.15, 0.2) is 9.84 Å². The molecule has 0 saturated carbocycles. The molecule has 2 fully saturated rings. The van der Waals surface area contributed by atoms with Crippen LogP contribution in [0.4, 0.5) is 0 Å². The van der Waals surface area contributed by atoms with Crippen LogP contribution in [0.3, 0.4) is 0 Å². The van der Waals surface area contributed by atoms with Crippen molar-refractivity contribution in [2.75, 3.05) is 25.4 Å². The highest BCUT2D eigenvalue weighted by molar-refractivity contribution is 7.92. The van der Waals surface area contributed by atoms with Gasteiger partial charge in [-0.05, 0) is 19.8 Å². The van der Waals surface area contributed by atoms with Gasteiger partial charge in [0.05, 0.1) is 17.0 Å². The summed E-state index contributed by atoms with van der Waals surface area (Å²) in [5.74, 6) is 0.310. The maximum atomic E-state index is 11.9. The molecule has 98 valence electrons. The van der Waals surface area contributed by atoms with Gasteiger partial charge in [-0.3, -0.25) is 4.79 Å². The van der Waals surface area contributed by atoms with Crippen molar-refractivity contribution in [3.8, 4) is 0 Å². The van der Waals surface area contributed by atoms with Gasteiger partial charge in [-0.15, -0.1) is 0 Å². The number of hydrogen-bond acceptors (Lipinski definition) is 4. The first-order valence-corrected chi connectivity index (χ1v) is 7.96. The fraction of sp³-hybridized carbons (Fsp3) is 0.909. The third-order valence-electron chi connectivity index (χ3n) is 3.65. The summed E-state index contributed by atoms with van der Waals surface area (Å²) < 4.78 is 23.8. The van der Waals surface area contributed by atoms with E-state index in [4.69, 9.17) is 0 Å². The summed E-state index contributed by atoms with van der Waals surface area (Å²) in [6.45, 7) is 3.58. The van der Waals surface area contributed by atoms with Crippen molar-refractivity contribution in [2.24, 2.45) is 0 Å². The molecule has 0 spiro atoms. The molecule has 0 bridgehead atoms. The van der Waals surface area contributed by atoms with Crippen LogP contribution in [0.2, 0.25) is 0 Å². The van der Waals surface area contributed by atoms with Crippen LogP contribution in [0.1, 0.15) is 26.2 Å². The third kappa shape index (κ3) is 2.80. The van der Waals surface area contributed by atoms with Gasteiger partial charge in [0.1, 0.15) is 0 Å². The molecule has 1 N–H and O–H groups in total. The van der Waals surface area contributed by atoms with Gasteiger partial charge in [-0.2, -0.15) is 0 Å². The van der Waals surface area contributed by atoms with E-state index in [0.29, 0.717) is 19.5 Å². The van der Waals surface area contributed by atoms with E-state index in [1.165, 1.54) is 0 Å². The first kappa shape index (κ1) is 12.8. The summed E-state index contributed by atoms with van der Waals surface area (Å²) in [6.07, 6.45) is 2.43. The van der Waals surface area contributed by atoms with Crippen molar-refractivity contribution >= 4 is 15.7 Å². The van der Waals surface area contributed by atoms with E-state index in [-0.39, 0.29) is 23.0 Å². The van der Waals surface area contributed by atoms with E-state index in [0.717, 1.165) is 19.4 Å². The van der Waals surface area contributed by atoms with Gasteiger partial charge in [-0.25, -0.2) is 8.42 Å². The summed E-state index contributed by atoms with van der Waals surface area (Å²) in [6, 6.07) is -0.185. The highest BCUT2D eigenvalue weighted by Crippen LogP contribution is 2.21. The third-order valence-corrected chi connectivity index (χ3v) is 5.91. The smallest absolute Gasteiger partial charge is 0.239 e. The number of piperazine rings is 1. The lowest BCUT2D eigenvalue weighted by molar-refractivity contribution is -0.135. The minimum Gasteiger partial charge on any atom is -0.339 e. The van der Waals surface area contributed by atoms with Crippen molar-refractivity contribution < 1.29 is 13.2 Å². The normalized spacial score (nSPS) is 33.7. The molecule has 5 nitrogen and oxygen atoms in total. The molecule has 2 unspecified atom stereocenters. The van der Waals surface area contributed by atoms with E-state index >= 15 is 0 Å². The van der Waals surface area contributed by atoms with E-state index in [2.05, 4.69) is 5.32 Å². The van der Waals surface area contributed by atoms with Crippen LogP contribution in [0.15, 0.2) is 0 Å². The van der Waals surface area contributed by atoms with Gasteiger partial charge in [0, 0.05) is 19.6 Å². The summed E-state index contributed by atoms with van der Waals surface area (Å²) in [5.41, 5.74) is 0. The van der Waals surface area contributed by atoms with Crippen molar-refractivity contribution in [3.63, 3.8) is 0 Å². The number of carbonyl (C=O) groups is 1. The summed E-state index contributed by atoms with van der Waals surface area (Å²) in [4.78, 5) is 13.6. The molecule has 17 heavy (non-hydrogen) atoms. The molecule has 0 radical (unpaired) electrons. The van der Waals surface area contributed by atoms with Gasteiger partial charge in [-0.1, -0.05) is 6.42 Å². The maximum absolute atomic E-state index is 11.9. The molecular weight excluding hydrogens is 240 g/mol. The highest BCUT2D eigenvalue weighted by Gasteiger charge is 2.33. The Bertz CT molecular complexity index is 394. The Morgan fingerprint density at radius 2 is 2.18 bits per heavy atom. The molecule has 2 aliphatic heterocycles. The van der Waals surface area contributed by atoms with Gasteiger partial charge in [0.2, 0.25) is 5.91 Å². The topological polar surface area (TPSA) is 66.5 Å². The van der Waals surface area contributed by atoms with Gasteiger partial charge >= 0.3 is 0 Å². The minimum atomic E-state index is -2.98. The number of hydrogen-bond donors (Lipinski definition) is 1. The second-order valence-electron chi connectivity index (χ2n) is 4.94. The molecule has 0 aliphatic carbocycles. The van der Waals surface area contributed by atoms with E-state index < -0.39 is 9.84 Å². The van der Waals surface area contributed by atoms with Gasteiger partial charge < -0.3 is 10.2 Å². The standard InChI is InChI=1S/C11H20N2O3S/c1-9-11(14)13(6-5-12-9)8-10-4-2-3-7-17(10,15)16/h9-10,12H,2-8H2,1H3. The number of nitrogens with one attached hydrogen (secondary N) is 1. The lowest BCUT2D eigenvalue weighted by Crippen LogP contribution is -2.56. The minimum absolute atomic E-state index is 0.0250. The highest BCUT2D eigenvalue weighted by atomic mass is 32.2. The zero-order valence-electron chi connectivity index (χ0n) is 10.2. The Hall–Kier alpha value is -0.620. The fourth-order valence-corrected chi connectivity index (χ4v) is 4.41. The maximum Gasteiger partial charge on any atom is 0.239 e. The number of carbonyl (C=O) groups excluding carboxylic acids is 1.